The zero-order valence-electron chi connectivity index (χ0n) is 11.1. The van der Waals surface area contributed by atoms with Crippen molar-refractivity contribution >= 4 is 22.7 Å². The third-order valence-electron chi connectivity index (χ3n) is 3.70. The van der Waals surface area contributed by atoms with Crippen molar-refractivity contribution in [3.63, 3.8) is 0 Å². The van der Waals surface area contributed by atoms with Crippen LogP contribution in [-0.4, -0.2) is 36.1 Å². The molecule has 2 aromatic heterocycles. The quantitative estimate of drug-likeness (QED) is 0.939. The smallest absolute Gasteiger partial charge is 0.124 e. The van der Waals surface area contributed by atoms with E-state index in [0.29, 0.717) is 6.04 Å². The zero-order valence-corrected chi connectivity index (χ0v) is 12.8. The van der Waals surface area contributed by atoms with Gasteiger partial charge in [0.05, 0.1) is 5.69 Å². The molecule has 0 aliphatic carbocycles. The van der Waals surface area contributed by atoms with Gasteiger partial charge in [-0.05, 0) is 31.3 Å². The van der Waals surface area contributed by atoms with E-state index in [4.69, 9.17) is 4.98 Å². The molecule has 3 heterocycles. The number of hydrogen-bond donors (Lipinski definition) is 1. The number of piperidine rings is 1. The van der Waals surface area contributed by atoms with Gasteiger partial charge in [0.2, 0.25) is 0 Å². The van der Waals surface area contributed by atoms with E-state index in [0.717, 1.165) is 11.6 Å². The minimum absolute atomic E-state index is 0.702. The van der Waals surface area contributed by atoms with Crippen LogP contribution < -0.4 is 5.32 Å². The van der Waals surface area contributed by atoms with E-state index in [9.17, 15) is 0 Å². The highest BCUT2D eigenvalue weighted by Crippen LogP contribution is 2.26. The van der Waals surface area contributed by atoms with Gasteiger partial charge >= 0.3 is 0 Å². The first kappa shape index (κ1) is 13.2. The molecule has 0 bridgehead atoms. The molecule has 102 valence electrons. The van der Waals surface area contributed by atoms with Crippen molar-refractivity contribution < 1.29 is 0 Å². The Labute approximate surface area is 122 Å². The Morgan fingerprint density at radius 3 is 2.89 bits per heavy atom. The summed E-state index contributed by atoms with van der Waals surface area (Å²) < 4.78 is 0. The van der Waals surface area contributed by atoms with Crippen LogP contribution in [0.25, 0.3) is 10.6 Å². The molecular weight excluding hydrogens is 274 g/mol. The highest BCUT2D eigenvalue weighted by atomic mass is 32.1. The van der Waals surface area contributed by atoms with Crippen molar-refractivity contribution in [3.05, 3.63) is 27.9 Å². The summed E-state index contributed by atoms with van der Waals surface area (Å²) in [6.45, 7) is 3.35. The number of rotatable bonds is 4. The molecule has 1 aliphatic rings. The molecule has 1 fully saturated rings. The summed E-state index contributed by atoms with van der Waals surface area (Å²) in [5.41, 5.74) is 2.48. The average molecular weight is 293 g/mol. The molecule has 3 nitrogen and oxygen atoms in total. The van der Waals surface area contributed by atoms with Crippen molar-refractivity contribution in [2.75, 3.05) is 20.1 Å². The molecule has 2 aromatic rings. The van der Waals surface area contributed by atoms with Gasteiger partial charge in [-0.2, -0.15) is 11.3 Å². The number of hydrogen-bond acceptors (Lipinski definition) is 5. The van der Waals surface area contributed by atoms with Crippen molar-refractivity contribution in [2.45, 2.75) is 25.4 Å². The Morgan fingerprint density at radius 2 is 2.21 bits per heavy atom. The number of nitrogens with zero attached hydrogens (tertiary/aromatic N) is 2. The second-order valence-corrected chi connectivity index (χ2v) is 6.63. The Hall–Kier alpha value is -0.750. The first-order chi connectivity index (χ1) is 9.35. The Morgan fingerprint density at radius 1 is 1.37 bits per heavy atom. The Bertz CT molecular complexity index is 499. The van der Waals surface area contributed by atoms with E-state index >= 15 is 0 Å². The summed E-state index contributed by atoms with van der Waals surface area (Å²) in [4.78, 5) is 7.27. The summed E-state index contributed by atoms with van der Waals surface area (Å²) >= 11 is 3.49. The second-order valence-electron chi connectivity index (χ2n) is 5.00. The summed E-state index contributed by atoms with van der Waals surface area (Å²) in [5.74, 6) is 0. The van der Waals surface area contributed by atoms with E-state index in [1.54, 1.807) is 22.7 Å². The van der Waals surface area contributed by atoms with Gasteiger partial charge in [-0.15, -0.1) is 11.3 Å². The van der Waals surface area contributed by atoms with Gasteiger partial charge in [-0.1, -0.05) is 0 Å². The van der Waals surface area contributed by atoms with Crippen LogP contribution in [0.15, 0.2) is 22.2 Å². The van der Waals surface area contributed by atoms with Crippen LogP contribution in [0.4, 0.5) is 0 Å². The first-order valence-electron chi connectivity index (χ1n) is 6.72. The van der Waals surface area contributed by atoms with Crippen LogP contribution in [0.2, 0.25) is 0 Å². The molecule has 0 unspecified atom stereocenters. The normalized spacial score (nSPS) is 17.9. The van der Waals surface area contributed by atoms with Crippen molar-refractivity contribution in [1.82, 2.24) is 15.2 Å². The summed E-state index contributed by atoms with van der Waals surface area (Å²) in [5, 5.41) is 11.0. The lowest BCUT2D eigenvalue weighted by atomic mass is 10.1. The summed E-state index contributed by atoms with van der Waals surface area (Å²) in [6.07, 6.45) is 2.50. The minimum atomic E-state index is 0.702. The zero-order chi connectivity index (χ0) is 13.1. The number of likely N-dealkylation sites (tertiary alicyclic amines) is 1. The lowest BCUT2D eigenvalue weighted by Gasteiger charge is -2.31. The molecule has 0 radical (unpaired) electrons. The molecule has 1 N–H and O–H groups in total. The molecule has 19 heavy (non-hydrogen) atoms. The molecule has 0 spiro atoms. The predicted octanol–water partition coefficient (Wildman–Crippen LogP) is 3.06. The summed E-state index contributed by atoms with van der Waals surface area (Å²) in [6, 6.07) is 2.85. The van der Waals surface area contributed by atoms with E-state index in [1.165, 1.54) is 37.2 Å². The number of thiophene rings is 1. The van der Waals surface area contributed by atoms with Gasteiger partial charge < -0.3 is 5.32 Å². The standard InChI is InChI=1S/C14H19N3S2/c1-15-12-2-5-17(6-3-12)8-13-10-19-14(16-13)11-4-7-18-9-11/h4,7,9-10,12,15H,2-3,5-6,8H2,1H3. The lowest BCUT2D eigenvalue weighted by Crippen LogP contribution is -2.40. The fourth-order valence-corrected chi connectivity index (χ4v) is 4.03. The lowest BCUT2D eigenvalue weighted by molar-refractivity contribution is 0.193. The van der Waals surface area contributed by atoms with Crippen LogP contribution >= 0.6 is 22.7 Å². The molecule has 0 saturated carbocycles. The van der Waals surface area contributed by atoms with E-state index in [-0.39, 0.29) is 0 Å². The number of thiazole rings is 1. The van der Waals surface area contributed by atoms with Gasteiger partial charge in [0.25, 0.3) is 0 Å². The molecule has 1 aliphatic heterocycles. The molecule has 5 heteroatoms. The monoisotopic (exact) mass is 293 g/mol. The van der Waals surface area contributed by atoms with Crippen LogP contribution in [0, 0.1) is 0 Å². The molecule has 0 aromatic carbocycles. The third kappa shape index (κ3) is 3.23. The topological polar surface area (TPSA) is 28.2 Å². The maximum atomic E-state index is 4.75. The SMILES string of the molecule is CNC1CCN(Cc2csc(-c3ccsc3)n2)CC1. The first-order valence-corrected chi connectivity index (χ1v) is 8.54. The number of nitrogens with one attached hydrogen (secondary N) is 1. The second kappa shape index (κ2) is 6.13. The van der Waals surface area contributed by atoms with E-state index < -0.39 is 0 Å². The van der Waals surface area contributed by atoms with Crippen LogP contribution in [-0.2, 0) is 6.54 Å². The average Bonchev–Trinajstić information content (AvgIpc) is 3.10. The number of aromatic nitrogens is 1. The van der Waals surface area contributed by atoms with E-state index in [1.807, 2.05) is 0 Å². The Balaban J connectivity index is 1.59. The maximum absolute atomic E-state index is 4.75. The van der Waals surface area contributed by atoms with Crippen LogP contribution in [0.3, 0.4) is 0 Å². The van der Waals surface area contributed by atoms with Gasteiger partial charge in [0, 0.05) is 42.0 Å². The van der Waals surface area contributed by atoms with Gasteiger partial charge in [-0.25, -0.2) is 4.98 Å². The molecule has 3 rings (SSSR count). The Kier molecular flexibility index (Phi) is 4.28. The largest absolute Gasteiger partial charge is 0.317 e. The molecular formula is C14H19N3S2. The highest BCUT2D eigenvalue weighted by Gasteiger charge is 2.18. The highest BCUT2D eigenvalue weighted by molar-refractivity contribution is 7.14. The molecule has 0 atom stereocenters. The molecule has 0 amide bonds. The van der Waals surface area contributed by atoms with Crippen LogP contribution in [0.5, 0.6) is 0 Å². The van der Waals surface area contributed by atoms with Gasteiger partial charge in [-0.3, -0.25) is 4.90 Å². The van der Waals surface area contributed by atoms with Gasteiger partial charge in [0.1, 0.15) is 5.01 Å². The van der Waals surface area contributed by atoms with Crippen molar-refractivity contribution in [1.29, 1.82) is 0 Å². The minimum Gasteiger partial charge on any atom is -0.317 e. The van der Waals surface area contributed by atoms with Crippen molar-refractivity contribution in [2.24, 2.45) is 0 Å². The third-order valence-corrected chi connectivity index (χ3v) is 5.32. The van der Waals surface area contributed by atoms with E-state index in [2.05, 4.69) is 39.5 Å². The van der Waals surface area contributed by atoms with Gasteiger partial charge in [0.15, 0.2) is 0 Å². The molecule has 1 saturated heterocycles. The fraction of sp³-hybridized carbons (Fsp3) is 0.500. The maximum Gasteiger partial charge on any atom is 0.124 e. The summed E-state index contributed by atoms with van der Waals surface area (Å²) in [7, 11) is 2.06. The van der Waals surface area contributed by atoms with Crippen molar-refractivity contribution in [3.8, 4) is 10.6 Å². The predicted molar refractivity (Wildman–Crippen MR) is 82.8 cm³/mol. The fourth-order valence-electron chi connectivity index (χ4n) is 2.51. The van der Waals surface area contributed by atoms with Crippen LogP contribution in [0.1, 0.15) is 18.5 Å².